The van der Waals surface area contributed by atoms with Crippen LogP contribution in [0.5, 0.6) is 0 Å². The van der Waals surface area contributed by atoms with Crippen molar-refractivity contribution < 1.29 is 9.59 Å². The first-order valence-corrected chi connectivity index (χ1v) is 10.1. The molecule has 26 heavy (non-hydrogen) atoms. The molecule has 0 bridgehead atoms. The van der Waals surface area contributed by atoms with E-state index in [9.17, 15) is 9.59 Å². The van der Waals surface area contributed by atoms with Gasteiger partial charge in [-0.1, -0.05) is 6.07 Å². The van der Waals surface area contributed by atoms with Crippen molar-refractivity contribution in [2.24, 2.45) is 11.7 Å². The molecular weight excluding hydrogens is 326 g/mol. The van der Waals surface area contributed by atoms with Crippen molar-refractivity contribution in [2.45, 2.75) is 51.0 Å². The maximum Gasteiger partial charge on any atom is 0.253 e. The molecule has 0 unspecified atom stereocenters. The summed E-state index contributed by atoms with van der Waals surface area (Å²) in [5, 5.41) is 0. The third-order valence-corrected chi connectivity index (χ3v) is 6.38. The second kappa shape index (κ2) is 7.39. The summed E-state index contributed by atoms with van der Waals surface area (Å²) in [7, 11) is 0. The van der Waals surface area contributed by atoms with Gasteiger partial charge in [0.1, 0.15) is 0 Å². The first-order valence-electron chi connectivity index (χ1n) is 10.1. The van der Waals surface area contributed by atoms with E-state index in [0.29, 0.717) is 18.9 Å². The molecule has 2 N–H and O–H groups in total. The van der Waals surface area contributed by atoms with Crippen LogP contribution < -0.4 is 5.73 Å². The minimum atomic E-state index is 0.156. The Morgan fingerprint density at radius 3 is 2.85 bits per heavy atom. The summed E-state index contributed by atoms with van der Waals surface area (Å²) in [6.07, 6.45) is 6.68. The van der Waals surface area contributed by atoms with Crippen molar-refractivity contribution >= 4 is 11.8 Å². The lowest BCUT2D eigenvalue weighted by atomic mass is 9.83. The van der Waals surface area contributed by atoms with Crippen LogP contribution in [0.25, 0.3) is 0 Å². The van der Waals surface area contributed by atoms with Crippen molar-refractivity contribution in [2.75, 3.05) is 26.2 Å². The van der Waals surface area contributed by atoms with E-state index in [0.717, 1.165) is 57.3 Å². The Kier molecular flexibility index (Phi) is 4.98. The second-order valence-electron chi connectivity index (χ2n) is 7.97. The van der Waals surface area contributed by atoms with Crippen molar-refractivity contribution in [3.8, 4) is 0 Å². The summed E-state index contributed by atoms with van der Waals surface area (Å²) in [4.78, 5) is 29.4. The lowest BCUT2D eigenvalue weighted by molar-refractivity contribution is -0.140. The van der Waals surface area contributed by atoms with E-state index in [2.05, 4.69) is 12.1 Å². The highest BCUT2D eigenvalue weighted by atomic mass is 16.2. The topological polar surface area (TPSA) is 66.6 Å². The van der Waals surface area contributed by atoms with E-state index < -0.39 is 0 Å². The zero-order valence-electron chi connectivity index (χ0n) is 15.5. The van der Waals surface area contributed by atoms with Gasteiger partial charge in [-0.3, -0.25) is 9.59 Å². The highest BCUT2D eigenvalue weighted by Gasteiger charge is 2.40. The van der Waals surface area contributed by atoms with Crippen LogP contribution in [0.4, 0.5) is 0 Å². The second-order valence-corrected chi connectivity index (χ2v) is 7.97. The van der Waals surface area contributed by atoms with E-state index in [4.69, 9.17) is 5.73 Å². The molecule has 1 aromatic carbocycles. The summed E-state index contributed by atoms with van der Waals surface area (Å²) < 4.78 is 0. The summed E-state index contributed by atoms with van der Waals surface area (Å²) in [6.45, 7) is 2.88. The molecule has 0 saturated carbocycles. The largest absolute Gasteiger partial charge is 0.339 e. The van der Waals surface area contributed by atoms with E-state index in [1.807, 2.05) is 15.9 Å². The number of hydrogen-bond acceptors (Lipinski definition) is 3. The molecular formula is C21H29N3O2. The number of aryl methyl sites for hydroxylation is 2. The van der Waals surface area contributed by atoms with Crippen molar-refractivity contribution in [3.63, 3.8) is 0 Å². The number of rotatable bonds is 4. The summed E-state index contributed by atoms with van der Waals surface area (Å²) >= 11 is 0. The molecule has 2 amide bonds. The van der Waals surface area contributed by atoms with Gasteiger partial charge in [-0.15, -0.1) is 0 Å². The lowest BCUT2D eigenvalue weighted by Crippen LogP contribution is -2.57. The molecule has 2 saturated heterocycles. The number of benzene rings is 1. The minimum Gasteiger partial charge on any atom is -0.339 e. The normalized spacial score (nSPS) is 25.2. The number of nitrogens with two attached hydrogens (primary N) is 1. The Labute approximate surface area is 155 Å². The van der Waals surface area contributed by atoms with Crippen molar-refractivity contribution in [1.29, 1.82) is 0 Å². The predicted molar refractivity (Wildman–Crippen MR) is 101 cm³/mol. The average molecular weight is 355 g/mol. The Morgan fingerprint density at radius 1 is 1.15 bits per heavy atom. The standard InChI is InChI=1S/C21H29N3O2/c22-10-2-11-24-19-9-12-23(14-18(19)7-8-20(24)25)21(26)17-6-5-15-3-1-4-16(15)13-17/h5-6,13,18-19H,1-4,7-12,14,22H2/t18-,19+/m0/s1. The highest BCUT2D eigenvalue weighted by molar-refractivity contribution is 5.94. The average Bonchev–Trinajstić information content (AvgIpc) is 3.14. The Morgan fingerprint density at radius 2 is 2.00 bits per heavy atom. The SMILES string of the molecule is NCCCN1C(=O)CC[C@H]2CN(C(=O)c3ccc4c(c3)CCC4)CC[C@H]21. The van der Waals surface area contributed by atoms with Crippen molar-refractivity contribution in [3.05, 3.63) is 34.9 Å². The molecule has 0 spiro atoms. The number of piperidine rings is 2. The quantitative estimate of drug-likeness (QED) is 0.898. The monoisotopic (exact) mass is 355 g/mol. The first-order chi connectivity index (χ1) is 12.7. The van der Waals surface area contributed by atoms with E-state index in [-0.39, 0.29) is 17.9 Å². The number of fused-ring (bicyclic) bond motifs is 2. The summed E-state index contributed by atoms with van der Waals surface area (Å²) in [6, 6.07) is 6.52. The molecule has 1 aliphatic carbocycles. The van der Waals surface area contributed by atoms with Gasteiger partial charge >= 0.3 is 0 Å². The number of carbonyl (C=O) groups is 2. The Hall–Kier alpha value is -1.88. The zero-order valence-corrected chi connectivity index (χ0v) is 15.5. The highest BCUT2D eigenvalue weighted by Crippen LogP contribution is 2.32. The summed E-state index contributed by atoms with van der Waals surface area (Å²) in [5.74, 6) is 0.819. The summed E-state index contributed by atoms with van der Waals surface area (Å²) in [5.41, 5.74) is 9.22. The third kappa shape index (κ3) is 3.25. The smallest absolute Gasteiger partial charge is 0.253 e. The van der Waals surface area contributed by atoms with Gasteiger partial charge in [0.05, 0.1) is 0 Å². The molecule has 1 aromatic rings. The molecule has 0 aromatic heterocycles. The third-order valence-electron chi connectivity index (χ3n) is 6.38. The first kappa shape index (κ1) is 17.5. The van der Waals surface area contributed by atoms with Crippen LogP contribution in [0.2, 0.25) is 0 Å². The molecule has 4 rings (SSSR count). The zero-order chi connectivity index (χ0) is 18.1. The van der Waals surface area contributed by atoms with Crippen LogP contribution in [-0.4, -0.2) is 53.8 Å². The van der Waals surface area contributed by atoms with Gasteiger partial charge in [-0.05, 0) is 74.2 Å². The van der Waals surface area contributed by atoms with E-state index >= 15 is 0 Å². The van der Waals surface area contributed by atoms with Crippen LogP contribution in [-0.2, 0) is 17.6 Å². The Bertz CT molecular complexity index is 702. The fourth-order valence-electron chi connectivity index (χ4n) is 4.98. The van der Waals surface area contributed by atoms with Crippen LogP contribution in [0.15, 0.2) is 18.2 Å². The number of hydrogen-bond donors (Lipinski definition) is 1. The van der Waals surface area contributed by atoms with E-state index in [1.165, 1.54) is 17.5 Å². The molecule has 5 heteroatoms. The molecule has 3 aliphatic rings. The molecule has 2 fully saturated rings. The molecule has 2 atom stereocenters. The van der Waals surface area contributed by atoms with Gasteiger partial charge in [0.25, 0.3) is 5.91 Å². The van der Waals surface area contributed by atoms with E-state index in [1.54, 1.807) is 0 Å². The maximum atomic E-state index is 13.0. The van der Waals surface area contributed by atoms with Gasteiger partial charge in [-0.2, -0.15) is 0 Å². The van der Waals surface area contributed by atoms with Gasteiger partial charge in [0, 0.05) is 37.7 Å². The van der Waals surface area contributed by atoms with Gasteiger partial charge in [0.15, 0.2) is 0 Å². The molecule has 0 radical (unpaired) electrons. The molecule has 5 nitrogen and oxygen atoms in total. The van der Waals surface area contributed by atoms with Crippen LogP contribution in [0, 0.1) is 5.92 Å². The molecule has 140 valence electrons. The van der Waals surface area contributed by atoms with Gasteiger partial charge in [0.2, 0.25) is 5.91 Å². The number of amides is 2. The fraction of sp³-hybridized carbons (Fsp3) is 0.619. The number of carbonyl (C=O) groups excluding carboxylic acids is 2. The maximum absolute atomic E-state index is 13.0. The van der Waals surface area contributed by atoms with Crippen LogP contribution >= 0.6 is 0 Å². The predicted octanol–water partition coefficient (Wildman–Crippen LogP) is 1.98. The van der Waals surface area contributed by atoms with Crippen LogP contribution in [0.1, 0.15) is 53.6 Å². The fourth-order valence-corrected chi connectivity index (χ4v) is 4.98. The van der Waals surface area contributed by atoms with Gasteiger partial charge < -0.3 is 15.5 Å². The van der Waals surface area contributed by atoms with Gasteiger partial charge in [-0.25, -0.2) is 0 Å². The van der Waals surface area contributed by atoms with Crippen molar-refractivity contribution in [1.82, 2.24) is 9.80 Å². The Balaban J connectivity index is 1.44. The molecule has 2 heterocycles. The number of likely N-dealkylation sites (tertiary alicyclic amines) is 2. The van der Waals surface area contributed by atoms with Crippen LogP contribution in [0.3, 0.4) is 0 Å². The minimum absolute atomic E-state index is 0.156. The number of nitrogens with zero attached hydrogens (tertiary/aromatic N) is 2. The lowest BCUT2D eigenvalue weighted by Gasteiger charge is -2.47. The molecule has 2 aliphatic heterocycles.